The minimum Gasteiger partial charge on any atom is -0.349 e. The molecule has 0 aliphatic carbocycles. The van der Waals surface area contributed by atoms with Crippen LogP contribution in [0.3, 0.4) is 0 Å². The van der Waals surface area contributed by atoms with Crippen LogP contribution in [0.25, 0.3) is 11.0 Å². The fourth-order valence-electron chi connectivity index (χ4n) is 2.35. The summed E-state index contributed by atoms with van der Waals surface area (Å²) >= 11 is 0. The monoisotopic (exact) mass is 298 g/mol. The number of nitrogens with zero attached hydrogens (tertiary/aromatic N) is 5. The molecule has 7 nitrogen and oxygen atoms in total. The van der Waals surface area contributed by atoms with Crippen LogP contribution < -0.4 is 5.32 Å². The van der Waals surface area contributed by atoms with Gasteiger partial charge in [-0.25, -0.2) is 0 Å². The van der Waals surface area contributed by atoms with Gasteiger partial charge in [0.05, 0.1) is 24.1 Å². The number of rotatable bonds is 4. The van der Waals surface area contributed by atoms with Crippen molar-refractivity contribution >= 4 is 16.9 Å². The summed E-state index contributed by atoms with van der Waals surface area (Å²) in [6.07, 6.45) is 3.56. The van der Waals surface area contributed by atoms with E-state index in [1.54, 1.807) is 15.6 Å². The highest BCUT2D eigenvalue weighted by Gasteiger charge is 2.18. The minimum atomic E-state index is -0.393. The van der Waals surface area contributed by atoms with Gasteiger partial charge in [0.1, 0.15) is 17.1 Å². The first kappa shape index (κ1) is 14.2. The van der Waals surface area contributed by atoms with Gasteiger partial charge in [0, 0.05) is 13.2 Å². The number of aromatic nitrogens is 5. The van der Waals surface area contributed by atoms with Gasteiger partial charge in [-0.2, -0.15) is 10.2 Å². The van der Waals surface area contributed by atoms with Crippen molar-refractivity contribution in [3.05, 3.63) is 42.0 Å². The standard InChI is InChI=1S/C15H18N6O/c1-10-14-13(20(3)18-10)9-21(19-14)11(2)15(22)17-8-12-6-4-5-7-16-12/h4-7,9,11H,8H2,1-3H3,(H,17,22)/t11-/m0/s1. The molecule has 0 saturated carbocycles. The maximum Gasteiger partial charge on any atom is 0.244 e. The van der Waals surface area contributed by atoms with Crippen molar-refractivity contribution in [2.24, 2.45) is 7.05 Å². The molecule has 0 spiro atoms. The molecule has 0 aliphatic rings. The molecule has 0 aromatic carbocycles. The molecular formula is C15H18N6O. The van der Waals surface area contributed by atoms with E-state index in [2.05, 4.69) is 20.5 Å². The average molecular weight is 298 g/mol. The van der Waals surface area contributed by atoms with E-state index in [1.807, 2.05) is 45.3 Å². The lowest BCUT2D eigenvalue weighted by atomic mass is 10.3. The normalized spacial score (nSPS) is 12.5. The number of aryl methyl sites for hydroxylation is 2. The van der Waals surface area contributed by atoms with Crippen molar-refractivity contribution in [2.45, 2.75) is 26.4 Å². The molecule has 0 saturated heterocycles. The van der Waals surface area contributed by atoms with Crippen LogP contribution in [-0.2, 0) is 18.4 Å². The number of carbonyl (C=O) groups is 1. The van der Waals surface area contributed by atoms with E-state index >= 15 is 0 Å². The van der Waals surface area contributed by atoms with E-state index in [0.717, 1.165) is 22.4 Å². The van der Waals surface area contributed by atoms with Crippen LogP contribution in [0.5, 0.6) is 0 Å². The zero-order valence-electron chi connectivity index (χ0n) is 12.8. The Morgan fingerprint density at radius 3 is 2.86 bits per heavy atom. The van der Waals surface area contributed by atoms with Crippen LogP contribution in [0.4, 0.5) is 0 Å². The minimum absolute atomic E-state index is 0.0935. The van der Waals surface area contributed by atoms with E-state index in [4.69, 9.17) is 0 Å². The Bertz CT molecular complexity index is 770. The lowest BCUT2D eigenvalue weighted by Crippen LogP contribution is -2.31. The summed E-state index contributed by atoms with van der Waals surface area (Å²) in [7, 11) is 1.87. The van der Waals surface area contributed by atoms with E-state index in [-0.39, 0.29) is 5.91 Å². The van der Waals surface area contributed by atoms with Crippen LogP contribution in [0.15, 0.2) is 30.6 Å². The van der Waals surface area contributed by atoms with Gasteiger partial charge in [0.2, 0.25) is 5.91 Å². The van der Waals surface area contributed by atoms with Gasteiger partial charge < -0.3 is 5.32 Å². The van der Waals surface area contributed by atoms with Crippen molar-refractivity contribution in [1.82, 2.24) is 29.9 Å². The van der Waals surface area contributed by atoms with Gasteiger partial charge in [-0.05, 0) is 26.0 Å². The quantitative estimate of drug-likeness (QED) is 0.788. The molecule has 3 heterocycles. The number of nitrogens with one attached hydrogen (secondary N) is 1. The maximum absolute atomic E-state index is 12.3. The summed E-state index contributed by atoms with van der Waals surface area (Å²) < 4.78 is 3.44. The third kappa shape index (κ3) is 2.57. The fourth-order valence-corrected chi connectivity index (χ4v) is 2.35. The molecular weight excluding hydrogens is 280 g/mol. The van der Waals surface area contributed by atoms with Crippen LogP contribution in [-0.4, -0.2) is 30.5 Å². The molecule has 0 aliphatic heterocycles. The molecule has 1 amide bonds. The Morgan fingerprint density at radius 1 is 1.36 bits per heavy atom. The highest BCUT2D eigenvalue weighted by Crippen LogP contribution is 2.17. The highest BCUT2D eigenvalue weighted by molar-refractivity contribution is 5.81. The first-order valence-electron chi connectivity index (χ1n) is 7.12. The molecule has 0 fully saturated rings. The molecule has 114 valence electrons. The lowest BCUT2D eigenvalue weighted by Gasteiger charge is -2.12. The van der Waals surface area contributed by atoms with E-state index in [0.29, 0.717) is 6.54 Å². The Labute approximate surface area is 128 Å². The van der Waals surface area contributed by atoms with Gasteiger partial charge in [0.15, 0.2) is 0 Å². The van der Waals surface area contributed by atoms with Crippen LogP contribution >= 0.6 is 0 Å². The second-order valence-electron chi connectivity index (χ2n) is 5.27. The van der Waals surface area contributed by atoms with Crippen molar-refractivity contribution in [2.75, 3.05) is 0 Å². The zero-order chi connectivity index (χ0) is 15.7. The summed E-state index contributed by atoms with van der Waals surface area (Å²) in [5.41, 5.74) is 3.43. The summed E-state index contributed by atoms with van der Waals surface area (Å²) in [4.78, 5) is 16.4. The average Bonchev–Trinajstić information content (AvgIpc) is 3.07. The topological polar surface area (TPSA) is 77.6 Å². The first-order chi connectivity index (χ1) is 10.6. The highest BCUT2D eigenvalue weighted by atomic mass is 16.2. The summed E-state index contributed by atoms with van der Waals surface area (Å²) in [5.74, 6) is -0.0935. The van der Waals surface area contributed by atoms with Crippen LogP contribution in [0.2, 0.25) is 0 Å². The predicted octanol–water partition coefficient (Wildman–Crippen LogP) is 1.35. The lowest BCUT2D eigenvalue weighted by molar-refractivity contribution is -0.124. The fraction of sp³-hybridized carbons (Fsp3) is 0.333. The number of hydrogen-bond donors (Lipinski definition) is 1. The van der Waals surface area contributed by atoms with E-state index in [1.165, 1.54) is 0 Å². The summed E-state index contributed by atoms with van der Waals surface area (Å²) in [6, 6.07) is 5.23. The van der Waals surface area contributed by atoms with Crippen molar-refractivity contribution in [1.29, 1.82) is 0 Å². The molecule has 1 atom stereocenters. The third-order valence-corrected chi connectivity index (χ3v) is 3.65. The van der Waals surface area contributed by atoms with Gasteiger partial charge in [-0.1, -0.05) is 6.07 Å². The zero-order valence-corrected chi connectivity index (χ0v) is 12.8. The Kier molecular flexibility index (Phi) is 3.62. The van der Waals surface area contributed by atoms with Crippen molar-refractivity contribution < 1.29 is 4.79 Å². The number of fused-ring (bicyclic) bond motifs is 1. The van der Waals surface area contributed by atoms with E-state index in [9.17, 15) is 4.79 Å². The second kappa shape index (κ2) is 5.59. The molecule has 3 aromatic rings. The number of pyridine rings is 1. The number of amides is 1. The van der Waals surface area contributed by atoms with Gasteiger partial charge in [0.25, 0.3) is 0 Å². The van der Waals surface area contributed by atoms with Gasteiger partial charge in [-0.15, -0.1) is 0 Å². The first-order valence-corrected chi connectivity index (χ1v) is 7.12. The molecule has 22 heavy (non-hydrogen) atoms. The van der Waals surface area contributed by atoms with Crippen molar-refractivity contribution in [3.63, 3.8) is 0 Å². The molecule has 7 heteroatoms. The molecule has 3 aromatic heterocycles. The van der Waals surface area contributed by atoms with Gasteiger partial charge in [-0.3, -0.25) is 19.1 Å². The summed E-state index contributed by atoms with van der Waals surface area (Å²) in [6.45, 7) is 4.14. The Morgan fingerprint density at radius 2 is 2.18 bits per heavy atom. The maximum atomic E-state index is 12.3. The van der Waals surface area contributed by atoms with Crippen LogP contribution in [0, 0.1) is 6.92 Å². The molecule has 0 bridgehead atoms. The SMILES string of the molecule is Cc1nn(C)c2cn([C@@H](C)C(=O)NCc3ccccn3)nc12. The van der Waals surface area contributed by atoms with Gasteiger partial charge >= 0.3 is 0 Å². The smallest absolute Gasteiger partial charge is 0.244 e. The molecule has 0 radical (unpaired) electrons. The third-order valence-electron chi connectivity index (χ3n) is 3.65. The Hall–Kier alpha value is -2.70. The molecule has 1 N–H and O–H groups in total. The predicted molar refractivity (Wildman–Crippen MR) is 82.0 cm³/mol. The van der Waals surface area contributed by atoms with Crippen molar-refractivity contribution in [3.8, 4) is 0 Å². The van der Waals surface area contributed by atoms with E-state index < -0.39 is 6.04 Å². The largest absolute Gasteiger partial charge is 0.349 e. The molecule has 3 rings (SSSR count). The number of carbonyl (C=O) groups excluding carboxylic acids is 1. The second-order valence-corrected chi connectivity index (χ2v) is 5.27. The molecule has 0 unspecified atom stereocenters. The summed E-state index contributed by atoms with van der Waals surface area (Å²) in [5, 5.41) is 11.6. The Balaban J connectivity index is 1.73. The van der Waals surface area contributed by atoms with Crippen LogP contribution in [0.1, 0.15) is 24.4 Å². The number of hydrogen-bond acceptors (Lipinski definition) is 4.